The van der Waals surface area contributed by atoms with Crippen LogP contribution < -0.4 is 9.64 Å². The molecule has 0 aromatic heterocycles. The van der Waals surface area contributed by atoms with Crippen molar-refractivity contribution < 1.29 is 14.3 Å². The summed E-state index contributed by atoms with van der Waals surface area (Å²) in [4.78, 5) is 31.5. The van der Waals surface area contributed by atoms with Crippen molar-refractivity contribution in [3.8, 4) is 5.75 Å². The lowest BCUT2D eigenvalue weighted by Crippen LogP contribution is -2.54. The molecular weight excluding hydrogens is 330 g/mol. The molecule has 0 saturated carbocycles. The third kappa shape index (κ3) is 3.85. The Labute approximate surface area is 155 Å². The summed E-state index contributed by atoms with van der Waals surface area (Å²) < 4.78 is 5.82. The molecule has 6 nitrogen and oxygen atoms in total. The molecule has 0 unspecified atom stereocenters. The molecule has 1 aromatic rings. The van der Waals surface area contributed by atoms with Crippen molar-refractivity contribution in [1.29, 1.82) is 0 Å². The van der Waals surface area contributed by atoms with Gasteiger partial charge in [-0.15, -0.1) is 0 Å². The number of hydrogen-bond donors (Lipinski definition) is 0. The number of anilines is 1. The number of benzene rings is 1. The number of amides is 2. The Morgan fingerprint density at radius 1 is 1.19 bits per heavy atom. The Kier molecular flexibility index (Phi) is 5.81. The summed E-state index contributed by atoms with van der Waals surface area (Å²) in [6.45, 7) is 10.5. The van der Waals surface area contributed by atoms with E-state index in [0.29, 0.717) is 17.9 Å². The maximum Gasteiger partial charge on any atom is 0.268 e. The second-order valence-electron chi connectivity index (χ2n) is 7.13. The fraction of sp³-hybridized carbons (Fsp3) is 0.600. The topological polar surface area (TPSA) is 53.1 Å². The van der Waals surface area contributed by atoms with Crippen molar-refractivity contribution in [3.05, 3.63) is 23.8 Å². The van der Waals surface area contributed by atoms with Crippen molar-refractivity contribution in [2.24, 2.45) is 0 Å². The Morgan fingerprint density at radius 2 is 1.92 bits per heavy atom. The summed E-state index contributed by atoms with van der Waals surface area (Å²) in [6.07, 6.45) is 1.21. The van der Waals surface area contributed by atoms with Gasteiger partial charge in [0, 0.05) is 26.2 Å². The smallest absolute Gasteiger partial charge is 0.268 e. The Hall–Kier alpha value is -2.08. The minimum Gasteiger partial charge on any atom is -0.478 e. The SMILES string of the molecule is CCCN1CCN(C(=O)CN2C(=O)[C@H](CC)Oc3ccc(C)cc32)CC1. The molecule has 2 amide bonds. The van der Waals surface area contributed by atoms with Crippen LogP contribution in [0, 0.1) is 6.92 Å². The first kappa shape index (κ1) is 18.7. The quantitative estimate of drug-likeness (QED) is 0.807. The zero-order valence-electron chi connectivity index (χ0n) is 16.0. The second-order valence-corrected chi connectivity index (χ2v) is 7.13. The number of rotatable bonds is 5. The average molecular weight is 359 g/mol. The van der Waals surface area contributed by atoms with Crippen molar-refractivity contribution in [1.82, 2.24) is 9.80 Å². The van der Waals surface area contributed by atoms with Gasteiger partial charge in [-0.1, -0.05) is 19.9 Å². The van der Waals surface area contributed by atoms with Crippen molar-refractivity contribution in [2.75, 3.05) is 44.2 Å². The normalized spacial score (nSPS) is 20.7. The molecule has 26 heavy (non-hydrogen) atoms. The first-order valence-electron chi connectivity index (χ1n) is 9.62. The van der Waals surface area contributed by atoms with Gasteiger partial charge < -0.3 is 9.64 Å². The first-order chi connectivity index (χ1) is 12.5. The predicted octanol–water partition coefficient (Wildman–Crippen LogP) is 2.05. The van der Waals surface area contributed by atoms with Gasteiger partial charge in [0.25, 0.3) is 5.91 Å². The molecule has 1 fully saturated rings. The lowest BCUT2D eigenvalue weighted by atomic mass is 10.1. The summed E-state index contributed by atoms with van der Waals surface area (Å²) in [5, 5.41) is 0. The Balaban J connectivity index is 1.73. The summed E-state index contributed by atoms with van der Waals surface area (Å²) >= 11 is 0. The third-order valence-corrected chi connectivity index (χ3v) is 5.14. The molecule has 0 aliphatic carbocycles. The van der Waals surface area contributed by atoms with Crippen LogP contribution in [0.4, 0.5) is 5.69 Å². The molecule has 0 spiro atoms. The van der Waals surface area contributed by atoms with Gasteiger partial charge in [0.1, 0.15) is 12.3 Å². The fourth-order valence-electron chi connectivity index (χ4n) is 3.63. The van der Waals surface area contributed by atoms with Crippen molar-refractivity contribution in [3.63, 3.8) is 0 Å². The maximum atomic E-state index is 12.8. The molecule has 142 valence electrons. The lowest BCUT2D eigenvalue weighted by molar-refractivity contribution is -0.134. The number of hydrogen-bond acceptors (Lipinski definition) is 4. The Morgan fingerprint density at radius 3 is 2.58 bits per heavy atom. The van der Waals surface area contributed by atoms with Crippen LogP contribution in [0.2, 0.25) is 0 Å². The highest BCUT2D eigenvalue weighted by Gasteiger charge is 2.35. The molecule has 0 bridgehead atoms. The number of aryl methyl sites for hydroxylation is 1. The molecule has 2 aliphatic heterocycles. The van der Waals surface area contributed by atoms with Gasteiger partial charge in [-0.2, -0.15) is 0 Å². The van der Waals surface area contributed by atoms with Crippen LogP contribution in [-0.4, -0.2) is 67.0 Å². The van der Waals surface area contributed by atoms with E-state index >= 15 is 0 Å². The van der Waals surface area contributed by atoms with Crippen LogP contribution in [0.5, 0.6) is 5.75 Å². The molecule has 0 radical (unpaired) electrons. The molecule has 2 aliphatic rings. The van der Waals surface area contributed by atoms with Crippen LogP contribution in [0.3, 0.4) is 0 Å². The van der Waals surface area contributed by atoms with E-state index in [2.05, 4.69) is 11.8 Å². The van der Waals surface area contributed by atoms with E-state index in [0.717, 1.165) is 44.7 Å². The van der Waals surface area contributed by atoms with E-state index in [1.165, 1.54) is 0 Å². The molecule has 1 aromatic carbocycles. The molecule has 6 heteroatoms. The minimum absolute atomic E-state index is 0.0127. The van der Waals surface area contributed by atoms with Crippen LogP contribution >= 0.6 is 0 Å². The van der Waals surface area contributed by atoms with Gasteiger partial charge in [-0.05, 0) is 44.0 Å². The van der Waals surface area contributed by atoms with Gasteiger partial charge >= 0.3 is 0 Å². The third-order valence-electron chi connectivity index (χ3n) is 5.14. The largest absolute Gasteiger partial charge is 0.478 e. The van der Waals surface area contributed by atoms with E-state index in [-0.39, 0.29) is 18.4 Å². The van der Waals surface area contributed by atoms with Gasteiger partial charge in [-0.25, -0.2) is 0 Å². The summed E-state index contributed by atoms with van der Waals surface area (Å²) in [7, 11) is 0. The zero-order valence-corrected chi connectivity index (χ0v) is 16.0. The molecule has 0 N–H and O–H groups in total. The number of fused-ring (bicyclic) bond motifs is 1. The van der Waals surface area contributed by atoms with Crippen LogP contribution in [0.1, 0.15) is 32.3 Å². The minimum atomic E-state index is -0.514. The summed E-state index contributed by atoms with van der Waals surface area (Å²) in [5.41, 5.74) is 1.75. The number of ether oxygens (including phenoxy) is 1. The first-order valence-corrected chi connectivity index (χ1v) is 9.62. The van der Waals surface area contributed by atoms with Crippen LogP contribution in [-0.2, 0) is 9.59 Å². The number of carbonyl (C=O) groups is 2. The van der Waals surface area contributed by atoms with E-state index in [1.807, 2.05) is 36.9 Å². The fourth-order valence-corrected chi connectivity index (χ4v) is 3.63. The summed E-state index contributed by atoms with van der Waals surface area (Å²) in [5.74, 6) is 0.574. The Bertz CT molecular complexity index is 668. The van der Waals surface area contributed by atoms with Gasteiger partial charge in [0.2, 0.25) is 5.91 Å². The highest BCUT2D eigenvalue weighted by atomic mass is 16.5. The standard InChI is InChI=1S/C20H29N3O3/c1-4-8-21-9-11-22(12-10-21)19(24)14-23-16-13-15(3)6-7-18(16)26-17(5-2)20(23)25/h6-7,13,17H,4-5,8-12,14H2,1-3H3/t17-/m0/s1. The molecule has 1 atom stereocenters. The van der Waals surface area contributed by atoms with Gasteiger partial charge in [0.05, 0.1) is 5.69 Å². The molecule has 1 saturated heterocycles. The molecule has 3 rings (SSSR count). The number of piperazine rings is 1. The molecular formula is C20H29N3O3. The van der Waals surface area contributed by atoms with E-state index < -0.39 is 6.10 Å². The zero-order chi connectivity index (χ0) is 18.7. The predicted molar refractivity (Wildman–Crippen MR) is 102 cm³/mol. The van der Waals surface area contributed by atoms with Gasteiger partial charge in [-0.3, -0.25) is 19.4 Å². The maximum absolute atomic E-state index is 12.8. The van der Waals surface area contributed by atoms with Crippen LogP contribution in [0.25, 0.3) is 0 Å². The highest BCUT2D eigenvalue weighted by molar-refractivity contribution is 6.03. The average Bonchev–Trinajstić information content (AvgIpc) is 2.65. The summed E-state index contributed by atoms with van der Waals surface area (Å²) in [6, 6.07) is 5.78. The van der Waals surface area contributed by atoms with E-state index in [9.17, 15) is 9.59 Å². The number of nitrogens with zero attached hydrogens (tertiary/aromatic N) is 3. The van der Waals surface area contributed by atoms with E-state index in [1.54, 1.807) is 4.90 Å². The highest BCUT2D eigenvalue weighted by Crippen LogP contribution is 2.35. The number of carbonyl (C=O) groups excluding carboxylic acids is 2. The van der Waals surface area contributed by atoms with Crippen molar-refractivity contribution in [2.45, 2.75) is 39.7 Å². The lowest BCUT2D eigenvalue weighted by Gasteiger charge is -2.37. The molecule has 2 heterocycles. The monoisotopic (exact) mass is 359 g/mol. The van der Waals surface area contributed by atoms with Crippen molar-refractivity contribution >= 4 is 17.5 Å². The van der Waals surface area contributed by atoms with E-state index in [4.69, 9.17) is 4.74 Å². The second kappa shape index (κ2) is 8.08. The van der Waals surface area contributed by atoms with Gasteiger partial charge in [0.15, 0.2) is 6.10 Å². The van der Waals surface area contributed by atoms with Crippen LogP contribution in [0.15, 0.2) is 18.2 Å².